The number of nitrogens with one attached hydrogen (secondary N) is 1. The van der Waals surface area contributed by atoms with Crippen molar-refractivity contribution >= 4 is 114 Å². The number of aliphatic hydroxyl groups excluding tert-OH is 1. The second kappa shape index (κ2) is 14.5. The van der Waals surface area contributed by atoms with Gasteiger partial charge in [-0.15, -0.1) is 75.8 Å². The summed E-state index contributed by atoms with van der Waals surface area (Å²) in [6, 6.07) is 5.76. The Morgan fingerprint density at radius 2 is 1.74 bits per heavy atom. The third-order valence-corrected chi connectivity index (χ3v) is 8.89. The molecule has 0 aliphatic heterocycles. The van der Waals surface area contributed by atoms with E-state index in [9.17, 15) is 9.90 Å². The number of carbonyl (C=O) groups excluding carboxylic acids is 1. The number of hydrogen-bond acceptors (Lipinski definition) is 11. The average Bonchev–Trinajstić information content (AvgIpc) is 3.18. The van der Waals surface area contributed by atoms with Crippen LogP contribution in [0, 0.1) is 5.92 Å². The molecule has 7 nitrogen and oxygen atoms in total. The smallest absolute Gasteiger partial charge is 0.185 e. The maximum atomic E-state index is 9.86. The SMILES string of the molecule is CCC(=O)S.CCCC(C)COc1cccc2ncnc(Nc3c(S)c(S)c4c(c3S)c(S)c(S)n4CO)c12. The molecule has 2 N–H and O–H groups in total. The maximum Gasteiger partial charge on any atom is 0.185 e. The standard InChI is InChI=1S/C23H26N4O2S5.C3H6OS/c1-3-5-11(2)8-29-13-7-4-6-12-14(13)22(25-9-24-12)26-16-18(30)15-17(21(33)20(16)32)27(10-28)23(34)19(15)31;1-2-3(4)5/h4,6-7,9,11,28,30-34H,3,5,8,10H2,1-2H3,(H,24,25,26);2H2,1H3,(H,4,5). The third kappa shape index (κ3) is 7.11. The fourth-order valence-electron chi connectivity index (χ4n) is 4.01. The van der Waals surface area contributed by atoms with E-state index >= 15 is 0 Å². The van der Waals surface area contributed by atoms with Crippen molar-refractivity contribution in [1.29, 1.82) is 0 Å². The summed E-state index contributed by atoms with van der Waals surface area (Å²) < 4.78 is 7.80. The molecule has 0 aliphatic carbocycles. The normalized spacial score (nSPS) is 11.8. The molecule has 13 heteroatoms. The zero-order valence-corrected chi connectivity index (χ0v) is 27.1. The molecule has 1 atom stereocenters. The second-order valence-electron chi connectivity index (χ2n) is 8.84. The largest absolute Gasteiger partial charge is 0.492 e. The van der Waals surface area contributed by atoms with Gasteiger partial charge in [0.1, 0.15) is 24.6 Å². The highest BCUT2D eigenvalue weighted by molar-refractivity contribution is 7.96. The number of hydrogen-bond donors (Lipinski definition) is 8. The summed E-state index contributed by atoms with van der Waals surface area (Å²) in [5.41, 5.74) is 2.02. The van der Waals surface area contributed by atoms with Crippen molar-refractivity contribution in [3.05, 3.63) is 24.5 Å². The Bertz CT molecular complexity index is 1490. The van der Waals surface area contributed by atoms with Crippen LogP contribution in [0.1, 0.15) is 40.0 Å². The van der Waals surface area contributed by atoms with E-state index in [1.165, 1.54) is 6.33 Å². The minimum atomic E-state index is -0.273. The van der Waals surface area contributed by atoms with Crippen LogP contribution in [0.2, 0.25) is 0 Å². The number of rotatable bonds is 9. The van der Waals surface area contributed by atoms with Crippen molar-refractivity contribution in [3.63, 3.8) is 0 Å². The number of anilines is 2. The zero-order chi connectivity index (χ0) is 28.9. The van der Waals surface area contributed by atoms with E-state index in [0.717, 1.165) is 23.7 Å². The summed E-state index contributed by atoms with van der Waals surface area (Å²) >= 11 is 26.8. The summed E-state index contributed by atoms with van der Waals surface area (Å²) in [4.78, 5) is 20.9. The molecule has 210 valence electrons. The van der Waals surface area contributed by atoms with E-state index in [2.05, 4.69) is 67.0 Å². The molecular formula is C26H32N4O3S6. The number of ether oxygens (including phenoxy) is 1. The first-order chi connectivity index (χ1) is 18.6. The fourth-order valence-corrected chi connectivity index (χ4v) is 5.80. The van der Waals surface area contributed by atoms with Crippen molar-refractivity contribution in [3.8, 4) is 5.75 Å². The molecule has 0 bridgehead atoms. The van der Waals surface area contributed by atoms with E-state index in [0.29, 0.717) is 71.7 Å². The maximum absolute atomic E-state index is 9.86. The number of aromatic nitrogens is 3. The minimum Gasteiger partial charge on any atom is -0.492 e. The van der Waals surface area contributed by atoms with Crippen molar-refractivity contribution in [2.24, 2.45) is 5.92 Å². The van der Waals surface area contributed by atoms with Crippen molar-refractivity contribution in [2.45, 2.75) is 71.4 Å². The van der Waals surface area contributed by atoms with Gasteiger partial charge in [0.15, 0.2) is 5.12 Å². The van der Waals surface area contributed by atoms with Crippen LogP contribution in [0.15, 0.2) is 49.1 Å². The summed E-state index contributed by atoms with van der Waals surface area (Å²) in [5.74, 6) is 1.70. The van der Waals surface area contributed by atoms with Gasteiger partial charge in [0, 0.05) is 31.4 Å². The van der Waals surface area contributed by atoms with Gasteiger partial charge in [0.2, 0.25) is 0 Å². The highest BCUT2D eigenvalue weighted by atomic mass is 32.1. The minimum absolute atomic E-state index is 0.0509. The molecule has 0 saturated heterocycles. The molecule has 2 aromatic carbocycles. The average molecular weight is 641 g/mol. The van der Waals surface area contributed by atoms with E-state index < -0.39 is 0 Å². The monoisotopic (exact) mass is 640 g/mol. The first-order valence-electron chi connectivity index (χ1n) is 12.2. The molecule has 0 spiro atoms. The van der Waals surface area contributed by atoms with Crippen molar-refractivity contribution in [1.82, 2.24) is 14.5 Å². The van der Waals surface area contributed by atoms with Gasteiger partial charge in [0.25, 0.3) is 0 Å². The highest BCUT2D eigenvalue weighted by Crippen LogP contribution is 2.47. The second-order valence-corrected chi connectivity index (χ2v) is 11.5. The predicted octanol–water partition coefficient (Wildman–Crippen LogP) is 7.39. The number of carbonyl (C=O) groups is 1. The summed E-state index contributed by atoms with van der Waals surface area (Å²) in [6.45, 7) is 6.45. The van der Waals surface area contributed by atoms with Crippen LogP contribution in [0.25, 0.3) is 21.8 Å². The molecule has 0 saturated carbocycles. The van der Waals surface area contributed by atoms with Crippen LogP contribution in [0.5, 0.6) is 5.75 Å². The number of benzene rings is 2. The topological polar surface area (TPSA) is 89.3 Å². The number of thiol groups is 6. The summed E-state index contributed by atoms with van der Waals surface area (Å²) in [7, 11) is 0. The Morgan fingerprint density at radius 3 is 2.36 bits per heavy atom. The van der Waals surface area contributed by atoms with E-state index in [4.69, 9.17) is 42.6 Å². The molecule has 4 rings (SSSR count). The summed E-state index contributed by atoms with van der Waals surface area (Å²) in [6.07, 6.45) is 4.24. The lowest BCUT2D eigenvalue weighted by molar-refractivity contribution is -0.110. The van der Waals surface area contributed by atoms with Crippen molar-refractivity contribution < 1.29 is 14.6 Å². The number of nitrogens with zero attached hydrogens (tertiary/aromatic N) is 3. The van der Waals surface area contributed by atoms with E-state index in [-0.39, 0.29) is 11.8 Å². The van der Waals surface area contributed by atoms with Gasteiger partial charge < -0.3 is 19.7 Å². The lowest BCUT2D eigenvalue weighted by Crippen LogP contribution is -2.09. The van der Waals surface area contributed by atoms with Gasteiger partial charge in [0.05, 0.1) is 33.7 Å². The van der Waals surface area contributed by atoms with Crippen LogP contribution in [0.4, 0.5) is 11.5 Å². The van der Waals surface area contributed by atoms with Gasteiger partial charge in [-0.3, -0.25) is 4.79 Å². The van der Waals surface area contributed by atoms with Crippen LogP contribution in [-0.2, 0) is 11.5 Å². The van der Waals surface area contributed by atoms with Gasteiger partial charge in [-0.2, -0.15) is 0 Å². The molecule has 4 aromatic rings. The van der Waals surface area contributed by atoms with Gasteiger partial charge in [-0.05, 0) is 24.5 Å². The lowest BCUT2D eigenvalue weighted by Gasteiger charge is -2.18. The third-order valence-electron chi connectivity index (χ3n) is 5.99. The Balaban J connectivity index is 0.000000771. The quantitative estimate of drug-likeness (QED) is 0.0911. The van der Waals surface area contributed by atoms with Crippen LogP contribution in [0.3, 0.4) is 0 Å². The molecule has 0 fully saturated rings. The molecular weight excluding hydrogens is 609 g/mol. The number of fused-ring (bicyclic) bond motifs is 2. The molecule has 2 aromatic heterocycles. The molecule has 39 heavy (non-hydrogen) atoms. The fraction of sp³-hybridized carbons (Fsp3) is 0.346. The molecule has 2 heterocycles. The van der Waals surface area contributed by atoms with Crippen LogP contribution in [-0.4, -0.2) is 31.4 Å². The Hall–Kier alpha value is -1.35. The zero-order valence-electron chi connectivity index (χ0n) is 21.7. The number of aliphatic hydroxyl groups is 1. The Kier molecular flexibility index (Phi) is 12.0. The molecule has 0 amide bonds. The van der Waals surface area contributed by atoms with Crippen LogP contribution < -0.4 is 10.1 Å². The Labute approximate surface area is 261 Å². The van der Waals surface area contributed by atoms with Gasteiger partial charge in [-0.25, -0.2) is 9.97 Å². The first kappa shape index (κ1) is 32.2. The Morgan fingerprint density at radius 1 is 1.05 bits per heavy atom. The molecule has 1 unspecified atom stereocenters. The van der Waals surface area contributed by atoms with Crippen molar-refractivity contribution in [2.75, 3.05) is 11.9 Å². The summed E-state index contributed by atoms with van der Waals surface area (Å²) in [5, 5.41) is 15.2. The van der Waals surface area contributed by atoms with Gasteiger partial charge >= 0.3 is 0 Å². The first-order valence-corrected chi connectivity index (χ1v) is 14.9. The van der Waals surface area contributed by atoms with Crippen LogP contribution >= 0.6 is 75.8 Å². The molecule has 0 radical (unpaired) electrons. The van der Waals surface area contributed by atoms with E-state index in [1.807, 2.05) is 18.2 Å². The predicted molar refractivity (Wildman–Crippen MR) is 177 cm³/mol. The van der Waals surface area contributed by atoms with E-state index in [1.54, 1.807) is 11.5 Å². The lowest BCUT2D eigenvalue weighted by atomic mass is 10.1. The highest BCUT2D eigenvalue weighted by Gasteiger charge is 2.23. The molecule has 0 aliphatic rings. The van der Waals surface area contributed by atoms with Gasteiger partial charge in [-0.1, -0.05) is 33.3 Å².